The summed E-state index contributed by atoms with van der Waals surface area (Å²) in [6.07, 6.45) is 0.439. The van der Waals surface area contributed by atoms with Crippen molar-refractivity contribution in [2.24, 2.45) is 14.1 Å². The van der Waals surface area contributed by atoms with Crippen molar-refractivity contribution in [3.8, 4) is 5.75 Å². The first-order chi connectivity index (χ1) is 14.9. The van der Waals surface area contributed by atoms with E-state index in [0.717, 1.165) is 16.6 Å². The van der Waals surface area contributed by atoms with E-state index in [9.17, 15) is 14.7 Å². The third kappa shape index (κ3) is 4.80. The lowest BCUT2D eigenvalue weighted by Crippen LogP contribution is -2.38. The monoisotopic (exact) mass is 431 g/mol. The average molecular weight is 431 g/mol. The molecule has 3 N–H and O–H groups in total. The van der Waals surface area contributed by atoms with Crippen molar-refractivity contribution in [3.63, 3.8) is 0 Å². The van der Waals surface area contributed by atoms with Crippen LogP contribution in [0, 0.1) is 0 Å². The van der Waals surface area contributed by atoms with Crippen LogP contribution in [-0.2, 0) is 27.1 Å². The minimum Gasteiger partial charge on any atom is -0.491 e. The van der Waals surface area contributed by atoms with Gasteiger partial charge in [0.15, 0.2) is 11.2 Å². The van der Waals surface area contributed by atoms with Crippen molar-refractivity contribution in [1.82, 2.24) is 18.7 Å². The summed E-state index contributed by atoms with van der Waals surface area (Å²) in [5, 5.41) is 22.8. The molecule has 2 aromatic heterocycles. The van der Waals surface area contributed by atoms with Gasteiger partial charge in [-0.2, -0.15) is 4.98 Å². The molecule has 0 aliphatic rings. The Labute approximate surface area is 179 Å². The highest BCUT2D eigenvalue weighted by molar-refractivity contribution is 5.74. The molecule has 10 heteroatoms. The Morgan fingerprint density at radius 1 is 1.23 bits per heavy atom. The van der Waals surface area contributed by atoms with Crippen molar-refractivity contribution in [3.05, 3.63) is 50.7 Å². The maximum Gasteiger partial charge on any atom is 0.332 e. The summed E-state index contributed by atoms with van der Waals surface area (Å²) in [5.74, 6) is 1.00. The van der Waals surface area contributed by atoms with E-state index in [-0.39, 0.29) is 30.9 Å². The van der Waals surface area contributed by atoms with Crippen molar-refractivity contribution in [2.45, 2.75) is 32.4 Å². The fraction of sp³-hybridized carbons (Fsp3) is 0.476. The molecule has 10 nitrogen and oxygen atoms in total. The van der Waals surface area contributed by atoms with Crippen LogP contribution in [0.2, 0.25) is 0 Å². The number of rotatable bonds is 10. The van der Waals surface area contributed by atoms with Crippen LogP contribution in [0.25, 0.3) is 11.2 Å². The largest absolute Gasteiger partial charge is 0.491 e. The molecule has 1 aromatic carbocycles. The maximum atomic E-state index is 12.8. The second-order valence-electron chi connectivity index (χ2n) is 7.39. The van der Waals surface area contributed by atoms with Gasteiger partial charge in [-0.05, 0) is 30.5 Å². The molecule has 0 aliphatic heterocycles. The predicted molar refractivity (Wildman–Crippen MR) is 118 cm³/mol. The molecule has 3 aromatic rings. The Kier molecular flexibility index (Phi) is 7.13. The molecule has 0 unspecified atom stereocenters. The number of imidazole rings is 1. The molecule has 3 rings (SSSR count). The summed E-state index contributed by atoms with van der Waals surface area (Å²) in [4.78, 5) is 29.5. The lowest BCUT2D eigenvalue weighted by Gasteiger charge is -2.16. The Balaban J connectivity index is 1.90. The fourth-order valence-corrected chi connectivity index (χ4v) is 3.35. The van der Waals surface area contributed by atoms with E-state index in [2.05, 4.69) is 17.2 Å². The summed E-state index contributed by atoms with van der Waals surface area (Å²) in [7, 11) is 2.94. The van der Waals surface area contributed by atoms with E-state index < -0.39 is 17.4 Å². The topological polar surface area (TPSA) is 124 Å². The van der Waals surface area contributed by atoms with E-state index in [0.29, 0.717) is 24.7 Å². The highest BCUT2D eigenvalue weighted by Crippen LogP contribution is 2.18. The number of aryl methyl sites for hydroxylation is 2. The standard InChI is InChI=1S/C21H29N5O5/c1-4-14-7-5-8-16(11-14)31-13-15(28)12-26-17-18(23-20(26)22-9-6-10-27)24(2)21(30)25(3)19(17)29/h5,7-8,11,15,27-28H,4,6,9-10,12-13H2,1-3H3,(H,22,23)/t15-/m0/s1. The minimum absolute atomic E-state index is 0.000763. The number of hydrogen-bond donors (Lipinski definition) is 3. The first-order valence-electron chi connectivity index (χ1n) is 10.3. The number of aliphatic hydroxyl groups excluding tert-OH is 2. The third-order valence-corrected chi connectivity index (χ3v) is 5.11. The van der Waals surface area contributed by atoms with Gasteiger partial charge in [0.2, 0.25) is 5.95 Å². The lowest BCUT2D eigenvalue weighted by molar-refractivity contribution is 0.0937. The fourth-order valence-electron chi connectivity index (χ4n) is 3.35. The number of aliphatic hydroxyl groups is 2. The van der Waals surface area contributed by atoms with E-state index in [4.69, 9.17) is 9.84 Å². The maximum absolute atomic E-state index is 12.8. The SMILES string of the molecule is CCc1cccc(OC[C@@H](O)Cn2c(NCCCO)nc3c2c(=O)n(C)c(=O)n3C)c1. The molecule has 0 bridgehead atoms. The normalized spacial score (nSPS) is 12.3. The predicted octanol–water partition coefficient (Wildman–Crippen LogP) is 0.230. The molecule has 0 saturated carbocycles. The number of fused-ring (bicyclic) bond motifs is 1. The number of aromatic nitrogens is 4. The first-order valence-corrected chi connectivity index (χ1v) is 10.3. The van der Waals surface area contributed by atoms with E-state index in [1.165, 1.54) is 11.6 Å². The molecule has 0 spiro atoms. The molecule has 0 aliphatic carbocycles. The molecular formula is C21H29N5O5. The number of benzene rings is 1. The second-order valence-corrected chi connectivity index (χ2v) is 7.39. The van der Waals surface area contributed by atoms with Gasteiger partial charge in [-0.25, -0.2) is 4.79 Å². The third-order valence-electron chi connectivity index (χ3n) is 5.11. The zero-order valence-corrected chi connectivity index (χ0v) is 18.0. The van der Waals surface area contributed by atoms with Gasteiger partial charge < -0.3 is 24.8 Å². The quantitative estimate of drug-likeness (QED) is 0.393. The molecule has 0 radical (unpaired) electrons. The van der Waals surface area contributed by atoms with Crippen LogP contribution in [-0.4, -0.2) is 54.8 Å². The van der Waals surface area contributed by atoms with Crippen LogP contribution < -0.4 is 21.3 Å². The van der Waals surface area contributed by atoms with Crippen LogP contribution in [0.5, 0.6) is 5.75 Å². The highest BCUT2D eigenvalue weighted by atomic mass is 16.5. The van der Waals surface area contributed by atoms with Crippen molar-refractivity contribution < 1.29 is 14.9 Å². The highest BCUT2D eigenvalue weighted by Gasteiger charge is 2.21. The van der Waals surface area contributed by atoms with Gasteiger partial charge in [0, 0.05) is 27.2 Å². The molecular weight excluding hydrogens is 402 g/mol. The van der Waals surface area contributed by atoms with Crippen molar-refractivity contribution >= 4 is 17.1 Å². The molecule has 1 atom stereocenters. The van der Waals surface area contributed by atoms with Gasteiger partial charge in [0.25, 0.3) is 5.56 Å². The summed E-state index contributed by atoms with van der Waals surface area (Å²) >= 11 is 0. The Morgan fingerprint density at radius 3 is 2.71 bits per heavy atom. The average Bonchev–Trinajstić information content (AvgIpc) is 3.13. The summed E-state index contributed by atoms with van der Waals surface area (Å²) in [5.41, 5.74) is 0.590. The van der Waals surface area contributed by atoms with Crippen LogP contribution in [0.4, 0.5) is 5.95 Å². The summed E-state index contributed by atoms with van der Waals surface area (Å²) in [6.45, 7) is 2.54. The van der Waals surface area contributed by atoms with Crippen LogP contribution in [0.3, 0.4) is 0 Å². The molecule has 168 valence electrons. The summed E-state index contributed by atoms with van der Waals surface area (Å²) < 4.78 is 9.60. The lowest BCUT2D eigenvalue weighted by atomic mass is 10.2. The summed E-state index contributed by atoms with van der Waals surface area (Å²) in [6, 6.07) is 7.65. The number of nitrogens with one attached hydrogen (secondary N) is 1. The molecule has 2 heterocycles. The number of nitrogens with zero attached hydrogens (tertiary/aromatic N) is 4. The van der Waals surface area contributed by atoms with Gasteiger partial charge in [0.1, 0.15) is 18.5 Å². The number of hydrogen-bond acceptors (Lipinski definition) is 7. The van der Waals surface area contributed by atoms with Crippen LogP contribution in [0.1, 0.15) is 18.9 Å². The molecule has 0 amide bonds. The van der Waals surface area contributed by atoms with Crippen molar-refractivity contribution in [1.29, 1.82) is 0 Å². The Morgan fingerprint density at radius 2 is 2.00 bits per heavy atom. The van der Waals surface area contributed by atoms with Crippen LogP contribution >= 0.6 is 0 Å². The zero-order valence-electron chi connectivity index (χ0n) is 18.0. The minimum atomic E-state index is -0.928. The number of ether oxygens (including phenoxy) is 1. The van der Waals surface area contributed by atoms with Gasteiger partial charge >= 0.3 is 5.69 Å². The van der Waals surface area contributed by atoms with Gasteiger partial charge in [-0.1, -0.05) is 19.1 Å². The van der Waals surface area contributed by atoms with Gasteiger partial charge in [-0.3, -0.25) is 13.9 Å². The molecule has 31 heavy (non-hydrogen) atoms. The molecule has 0 saturated heterocycles. The van der Waals surface area contributed by atoms with E-state index in [1.54, 1.807) is 11.6 Å². The van der Waals surface area contributed by atoms with Crippen molar-refractivity contribution in [2.75, 3.05) is 25.1 Å². The Bertz CT molecular complexity index is 1160. The Hall–Kier alpha value is -3.11. The zero-order chi connectivity index (χ0) is 22.5. The number of anilines is 1. The van der Waals surface area contributed by atoms with Crippen LogP contribution in [0.15, 0.2) is 33.9 Å². The molecule has 0 fully saturated rings. The van der Waals surface area contributed by atoms with Gasteiger partial charge in [0.05, 0.1) is 6.54 Å². The van der Waals surface area contributed by atoms with Gasteiger partial charge in [-0.15, -0.1) is 0 Å². The first kappa shape index (κ1) is 22.6. The smallest absolute Gasteiger partial charge is 0.332 e. The van der Waals surface area contributed by atoms with E-state index >= 15 is 0 Å². The second kappa shape index (κ2) is 9.80. The van der Waals surface area contributed by atoms with E-state index in [1.807, 2.05) is 24.3 Å².